The lowest BCUT2D eigenvalue weighted by atomic mass is 10.2. The Morgan fingerprint density at radius 1 is 1.27 bits per heavy atom. The van der Waals surface area contributed by atoms with Crippen LogP contribution in [0.25, 0.3) is 0 Å². The van der Waals surface area contributed by atoms with Crippen molar-refractivity contribution in [1.82, 2.24) is 0 Å². The maximum absolute atomic E-state index is 11.0. The van der Waals surface area contributed by atoms with Gasteiger partial charge in [0.25, 0.3) is 0 Å². The Hall–Kier alpha value is -0.480. The average molecular weight is 244 g/mol. The van der Waals surface area contributed by atoms with Gasteiger partial charge in [0, 0.05) is 16.9 Å². The number of aryl methyl sites for hydroxylation is 2. The molecule has 0 fully saturated rings. The molecule has 0 amide bonds. The summed E-state index contributed by atoms with van der Waals surface area (Å²) in [5.74, 6) is 0.869. The van der Waals surface area contributed by atoms with Crippen molar-refractivity contribution in [3.05, 3.63) is 29.3 Å². The Bertz CT molecular complexity index is 436. The van der Waals surface area contributed by atoms with Crippen molar-refractivity contribution in [3.63, 3.8) is 0 Å². The predicted molar refractivity (Wildman–Crippen MR) is 66.4 cm³/mol. The molecule has 0 aliphatic heterocycles. The number of rotatable bonds is 4. The third-order valence-corrected chi connectivity index (χ3v) is 4.42. The Kier molecular flexibility index (Phi) is 4.22. The van der Waals surface area contributed by atoms with E-state index in [4.69, 9.17) is 0 Å². The summed E-state index contributed by atoms with van der Waals surface area (Å²) in [5.41, 5.74) is 2.42. The van der Waals surface area contributed by atoms with Crippen molar-refractivity contribution in [1.29, 1.82) is 0 Å². The Morgan fingerprint density at radius 2 is 1.93 bits per heavy atom. The molecule has 4 heteroatoms. The fraction of sp³-hybridized carbons (Fsp3) is 0.455. The molecule has 0 aliphatic rings. The van der Waals surface area contributed by atoms with E-state index in [9.17, 15) is 8.42 Å². The summed E-state index contributed by atoms with van der Waals surface area (Å²) in [7, 11) is -2.84. The molecule has 0 N–H and O–H groups in total. The van der Waals surface area contributed by atoms with Crippen molar-refractivity contribution in [2.75, 3.05) is 17.8 Å². The SMILES string of the molecule is Cc1ccc(C)c(SCCS(C)(=O)=O)c1. The van der Waals surface area contributed by atoms with Gasteiger partial charge in [0.15, 0.2) is 0 Å². The zero-order chi connectivity index (χ0) is 11.5. The fourth-order valence-electron chi connectivity index (χ4n) is 1.17. The van der Waals surface area contributed by atoms with Crippen LogP contribution in [0.5, 0.6) is 0 Å². The van der Waals surface area contributed by atoms with Gasteiger partial charge < -0.3 is 0 Å². The van der Waals surface area contributed by atoms with E-state index in [-0.39, 0.29) is 5.75 Å². The normalized spacial score (nSPS) is 11.7. The minimum Gasteiger partial charge on any atom is -0.229 e. The number of benzene rings is 1. The van der Waals surface area contributed by atoms with Crippen molar-refractivity contribution < 1.29 is 8.42 Å². The quantitative estimate of drug-likeness (QED) is 0.763. The van der Waals surface area contributed by atoms with Crippen LogP contribution in [-0.4, -0.2) is 26.2 Å². The molecule has 1 aromatic carbocycles. The molecule has 0 radical (unpaired) electrons. The second-order valence-corrected chi connectivity index (χ2v) is 7.14. The summed E-state index contributed by atoms with van der Waals surface area (Å²) >= 11 is 1.61. The standard InChI is InChI=1S/C11H16O2S2/c1-9-4-5-10(2)11(8-9)14-6-7-15(3,12)13/h4-5,8H,6-7H2,1-3H3. The smallest absolute Gasteiger partial charge is 0.148 e. The molecule has 0 saturated carbocycles. The summed E-state index contributed by atoms with van der Waals surface area (Å²) < 4.78 is 21.9. The van der Waals surface area contributed by atoms with Crippen LogP contribution in [0.4, 0.5) is 0 Å². The Balaban J connectivity index is 2.61. The first kappa shape index (κ1) is 12.6. The summed E-state index contributed by atoms with van der Waals surface area (Å²) in [4.78, 5) is 1.18. The Morgan fingerprint density at radius 3 is 2.53 bits per heavy atom. The van der Waals surface area contributed by atoms with Gasteiger partial charge in [-0.15, -0.1) is 11.8 Å². The predicted octanol–water partition coefficient (Wildman–Crippen LogP) is 2.44. The van der Waals surface area contributed by atoms with Crippen LogP contribution in [0.15, 0.2) is 23.1 Å². The lowest BCUT2D eigenvalue weighted by Gasteiger charge is -2.05. The second-order valence-electron chi connectivity index (χ2n) is 3.75. The lowest BCUT2D eigenvalue weighted by Crippen LogP contribution is -2.05. The third-order valence-electron chi connectivity index (χ3n) is 2.06. The van der Waals surface area contributed by atoms with Crippen LogP contribution in [0.3, 0.4) is 0 Å². The molecule has 0 spiro atoms. The van der Waals surface area contributed by atoms with Crippen LogP contribution in [0.1, 0.15) is 11.1 Å². The van der Waals surface area contributed by atoms with Crippen molar-refractivity contribution in [2.45, 2.75) is 18.7 Å². The monoisotopic (exact) mass is 244 g/mol. The third kappa shape index (κ3) is 4.71. The van der Waals surface area contributed by atoms with E-state index >= 15 is 0 Å². The molecule has 0 aromatic heterocycles. The van der Waals surface area contributed by atoms with Gasteiger partial charge >= 0.3 is 0 Å². The van der Waals surface area contributed by atoms with Crippen molar-refractivity contribution >= 4 is 21.6 Å². The molecule has 1 rings (SSSR count). The van der Waals surface area contributed by atoms with E-state index in [0.717, 1.165) is 0 Å². The van der Waals surface area contributed by atoms with Gasteiger partial charge in [-0.05, 0) is 25.5 Å². The largest absolute Gasteiger partial charge is 0.229 e. The van der Waals surface area contributed by atoms with Gasteiger partial charge in [-0.1, -0.05) is 17.7 Å². The van der Waals surface area contributed by atoms with Crippen LogP contribution >= 0.6 is 11.8 Å². The summed E-state index contributed by atoms with van der Waals surface area (Å²) in [6.45, 7) is 4.09. The zero-order valence-corrected chi connectivity index (χ0v) is 10.9. The van der Waals surface area contributed by atoms with Crippen molar-refractivity contribution in [3.8, 4) is 0 Å². The highest BCUT2D eigenvalue weighted by Crippen LogP contribution is 2.23. The zero-order valence-electron chi connectivity index (χ0n) is 9.28. The highest BCUT2D eigenvalue weighted by molar-refractivity contribution is 8.00. The molecule has 0 bridgehead atoms. The summed E-state index contributed by atoms with van der Waals surface area (Å²) in [6.07, 6.45) is 1.27. The molecule has 15 heavy (non-hydrogen) atoms. The highest BCUT2D eigenvalue weighted by Gasteiger charge is 2.04. The van der Waals surface area contributed by atoms with Gasteiger partial charge in [0.05, 0.1) is 5.75 Å². The molecule has 0 unspecified atom stereocenters. The maximum atomic E-state index is 11.0. The van der Waals surface area contributed by atoms with Crippen LogP contribution < -0.4 is 0 Å². The number of sulfone groups is 1. The molecular weight excluding hydrogens is 228 g/mol. The van der Waals surface area contributed by atoms with E-state index in [1.54, 1.807) is 11.8 Å². The summed E-state index contributed by atoms with van der Waals surface area (Å²) in [5, 5.41) is 0. The van der Waals surface area contributed by atoms with Gasteiger partial charge in [-0.3, -0.25) is 0 Å². The topological polar surface area (TPSA) is 34.1 Å². The molecule has 1 aromatic rings. The van der Waals surface area contributed by atoms with Gasteiger partial charge in [0.2, 0.25) is 0 Å². The minimum atomic E-state index is -2.84. The van der Waals surface area contributed by atoms with E-state index in [1.165, 1.54) is 22.3 Å². The van der Waals surface area contributed by atoms with Crippen molar-refractivity contribution in [2.24, 2.45) is 0 Å². The van der Waals surface area contributed by atoms with E-state index in [1.807, 2.05) is 13.8 Å². The second kappa shape index (κ2) is 5.03. The van der Waals surface area contributed by atoms with E-state index < -0.39 is 9.84 Å². The number of hydrogen-bond donors (Lipinski definition) is 0. The average Bonchev–Trinajstić information content (AvgIpc) is 2.09. The maximum Gasteiger partial charge on any atom is 0.148 e. The van der Waals surface area contributed by atoms with Crippen LogP contribution in [0, 0.1) is 13.8 Å². The highest BCUT2D eigenvalue weighted by atomic mass is 32.2. The molecule has 0 saturated heterocycles. The first-order chi connectivity index (χ1) is 6.88. The lowest BCUT2D eigenvalue weighted by molar-refractivity contribution is 0.603. The van der Waals surface area contributed by atoms with E-state index in [2.05, 4.69) is 18.2 Å². The summed E-state index contributed by atoms with van der Waals surface area (Å²) in [6, 6.07) is 6.23. The molecule has 0 heterocycles. The van der Waals surface area contributed by atoms with Gasteiger partial charge in [0.1, 0.15) is 9.84 Å². The first-order valence-corrected chi connectivity index (χ1v) is 7.81. The number of hydrogen-bond acceptors (Lipinski definition) is 3. The molecule has 84 valence electrons. The first-order valence-electron chi connectivity index (χ1n) is 4.76. The van der Waals surface area contributed by atoms with Gasteiger partial charge in [-0.25, -0.2) is 8.42 Å². The number of thioether (sulfide) groups is 1. The molecular formula is C11H16O2S2. The fourth-order valence-corrected chi connectivity index (χ4v) is 3.49. The van der Waals surface area contributed by atoms with Crippen LogP contribution in [-0.2, 0) is 9.84 Å². The minimum absolute atomic E-state index is 0.241. The molecule has 0 aliphatic carbocycles. The van der Waals surface area contributed by atoms with Crippen LogP contribution in [0.2, 0.25) is 0 Å². The Labute approximate surface area is 96.0 Å². The van der Waals surface area contributed by atoms with E-state index in [0.29, 0.717) is 5.75 Å². The van der Waals surface area contributed by atoms with Gasteiger partial charge in [-0.2, -0.15) is 0 Å². The molecule has 2 nitrogen and oxygen atoms in total. The molecule has 0 atom stereocenters.